The van der Waals surface area contributed by atoms with Crippen molar-refractivity contribution in [3.63, 3.8) is 0 Å². The van der Waals surface area contributed by atoms with Gasteiger partial charge in [-0.2, -0.15) is 0 Å². The Kier molecular flexibility index (Phi) is 4.59. The minimum absolute atomic E-state index is 0.0856. The van der Waals surface area contributed by atoms with Crippen molar-refractivity contribution < 1.29 is 9.53 Å². The second-order valence-electron chi connectivity index (χ2n) is 5.36. The van der Waals surface area contributed by atoms with E-state index in [1.807, 2.05) is 0 Å². The second-order valence-corrected chi connectivity index (χ2v) is 5.36. The summed E-state index contributed by atoms with van der Waals surface area (Å²) in [5.74, 6) is 0. The first-order chi connectivity index (χ1) is 7.44. The van der Waals surface area contributed by atoms with E-state index in [4.69, 9.17) is 4.74 Å². The van der Waals surface area contributed by atoms with Gasteiger partial charge in [-0.05, 0) is 18.9 Å². The van der Waals surface area contributed by atoms with E-state index in [2.05, 4.69) is 32.7 Å². The van der Waals surface area contributed by atoms with Gasteiger partial charge in [-0.1, -0.05) is 20.8 Å². The molecule has 1 heterocycles. The molecule has 0 radical (unpaired) electrons. The Labute approximate surface area is 98.5 Å². The fraction of sp³-hybridized carbons (Fsp3) is 0.917. The Morgan fingerprint density at radius 1 is 1.25 bits per heavy atom. The zero-order valence-electron chi connectivity index (χ0n) is 11.0. The number of ether oxygens (including phenoxy) is 1. The molecule has 1 fully saturated rings. The van der Waals surface area contributed by atoms with Crippen molar-refractivity contribution in [2.75, 3.05) is 39.8 Å². The lowest BCUT2D eigenvalue weighted by Gasteiger charge is -2.32. The third kappa shape index (κ3) is 4.00. The Morgan fingerprint density at radius 2 is 1.81 bits per heavy atom. The van der Waals surface area contributed by atoms with E-state index in [9.17, 15) is 4.79 Å². The summed E-state index contributed by atoms with van der Waals surface area (Å²) in [6.45, 7) is 10.3. The normalized spacial score (nSPS) is 18.6. The van der Waals surface area contributed by atoms with Gasteiger partial charge < -0.3 is 14.5 Å². The largest absolute Gasteiger partial charge is 0.449 e. The number of carbonyl (C=O) groups excluding carboxylic acids is 1. The van der Waals surface area contributed by atoms with Crippen molar-refractivity contribution in [3.8, 4) is 0 Å². The lowest BCUT2D eigenvalue weighted by molar-refractivity contribution is 0.0531. The van der Waals surface area contributed by atoms with Crippen LogP contribution in [0.5, 0.6) is 0 Å². The van der Waals surface area contributed by atoms with Gasteiger partial charge in [0, 0.05) is 26.2 Å². The fourth-order valence-electron chi connectivity index (χ4n) is 1.44. The summed E-state index contributed by atoms with van der Waals surface area (Å²) in [5.41, 5.74) is 0.0856. The first-order valence-electron chi connectivity index (χ1n) is 6.05. The first-order valence-corrected chi connectivity index (χ1v) is 6.05. The van der Waals surface area contributed by atoms with E-state index in [0.29, 0.717) is 6.61 Å². The lowest BCUT2D eigenvalue weighted by atomic mass is 9.92. The maximum Gasteiger partial charge on any atom is 0.409 e. The maximum absolute atomic E-state index is 11.8. The molecule has 0 saturated carbocycles. The summed E-state index contributed by atoms with van der Waals surface area (Å²) in [6, 6.07) is 0. The molecule has 4 heteroatoms. The SMILES string of the molecule is CCC(C)(C)COC(=O)N1CCN(C)CC1. The predicted octanol–water partition coefficient (Wildman–Crippen LogP) is 1.81. The molecular weight excluding hydrogens is 204 g/mol. The van der Waals surface area contributed by atoms with Gasteiger partial charge in [-0.15, -0.1) is 0 Å². The fourth-order valence-corrected chi connectivity index (χ4v) is 1.44. The number of carbonyl (C=O) groups is 1. The van der Waals surface area contributed by atoms with Crippen LogP contribution in [0, 0.1) is 5.41 Å². The van der Waals surface area contributed by atoms with Gasteiger partial charge in [-0.25, -0.2) is 4.79 Å². The Morgan fingerprint density at radius 3 is 2.31 bits per heavy atom. The molecule has 1 amide bonds. The zero-order chi connectivity index (χ0) is 12.2. The highest BCUT2D eigenvalue weighted by Gasteiger charge is 2.23. The highest BCUT2D eigenvalue weighted by Crippen LogP contribution is 2.20. The molecule has 0 N–H and O–H groups in total. The number of piperazine rings is 1. The van der Waals surface area contributed by atoms with Crippen molar-refractivity contribution in [1.82, 2.24) is 9.80 Å². The topological polar surface area (TPSA) is 32.8 Å². The quantitative estimate of drug-likeness (QED) is 0.738. The number of likely N-dealkylation sites (N-methyl/N-ethyl adjacent to an activating group) is 1. The van der Waals surface area contributed by atoms with Gasteiger partial charge >= 0.3 is 6.09 Å². The van der Waals surface area contributed by atoms with Gasteiger partial charge in [0.05, 0.1) is 6.61 Å². The number of amides is 1. The van der Waals surface area contributed by atoms with Crippen LogP contribution < -0.4 is 0 Å². The molecule has 4 nitrogen and oxygen atoms in total. The summed E-state index contributed by atoms with van der Waals surface area (Å²) >= 11 is 0. The molecule has 0 spiro atoms. The predicted molar refractivity (Wildman–Crippen MR) is 64.5 cm³/mol. The summed E-state index contributed by atoms with van der Waals surface area (Å²) < 4.78 is 5.34. The number of hydrogen-bond acceptors (Lipinski definition) is 3. The summed E-state index contributed by atoms with van der Waals surface area (Å²) in [6.07, 6.45) is 0.859. The lowest BCUT2D eigenvalue weighted by Crippen LogP contribution is -2.47. The third-order valence-electron chi connectivity index (χ3n) is 3.30. The third-order valence-corrected chi connectivity index (χ3v) is 3.30. The Hall–Kier alpha value is -0.770. The molecule has 0 aromatic rings. The minimum Gasteiger partial charge on any atom is -0.449 e. The number of nitrogens with zero attached hydrogens (tertiary/aromatic N) is 2. The molecular formula is C12H24N2O2. The van der Waals surface area contributed by atoms with Crippen molar-refractivity contribution >= 4 is 6.09 Å². The molecule has 0 atom stereocenters. The average Bonchev–Trinajstić information content (AvgIpc) is 2.27. The van der Waals surface area contributed by atoms with Gasteiger partial charge in [0.2, 0.25) is 0 Å². The van der Waals surface area contributed by atoms with Gasteiger partial charge in [0.25, 0.3) is 0 Å². The standard InChI is InChI=1S/C12H24N2O2/c1-5-12(2,3)10-16-11(15)14-8-6-13(4)7-9-14/h5-10H2,1-4H3. The van der Waals surface area contributed by atoms with Crippen molar-refractivity contribution in [3.05, 3.63) is 0 Å². The summed E-state index contributed by atoms with van der Waals surface area (Å²) in [5, 5.41) is 0. The van der Waals surface area contributed by atoms with Crippen molar-refractivity contribution in [1.29, 1.82) is 0 Å². The molecule has 1 aliphatic rings. The molecule has 0 aliphatic carbocycles. The molecule has 0 unspecified atom stereocenters. The highest BCUT2D eigenvalue weighted by molar-refractivity contribution is 5.67. The Balaban J connectivity index is 2.30. The van der Waals surface area contributed by atoms with Crippen LogP contribution in [0.15, 0.2) is 0 Å². The van der Waals surface area contributed by atoms with E-state index in [1.54, 1.807) is 4.90 Å². The van der Waals surface area contributed by atoms with Crippen LogP contribution in [0.3, 0.4) is 0 Å². The zero-order valence-corrected chi connectivity index (χ0v) is 11.0. The van der Waals surface area contributed by atoms with E-state index in [1.165, 1.54) is 0 Å². The van der Waals surface area contributed by atoms with Crippen LogP contribution in [0.25, 0.3) is 0 Å². The smallest absolute Gasteiger partial charge is 0.409 e. The average molecular weight is 228 g/mol. The van der Waals surface area contributed by atoms with E-state index in [0.717, 1.165) is 32.6 Å². The van der Waals surface area contributed by atoms with E-state index in [-0.39, 0.29) is 11.5 Å². The highest BCUT2D eigenvalue weighted by atomic mass is 16.6. The van der Waals surface area contributed by atoms with Crippen LogP contribution in [0.1, 0.15) is 27.2 Å². The first kappa shape index (κ1) is 13.3. The molecule has 0 aromatic carbocycles. The molecule has 16 heavy (non-hydrogen) atoms. The molecule has 94 valence electrons. The summed E-state index contributed by atoms with van der Waals surface area (Å²) in [7, 11) is 2.07. The van der Waals surface area contributed by atoms with Crippen LogP contribution >= 0.6 is 0 Å². The van der Waals surface area contributed by atoms with E-state index < -0.39 is 0 Å². The number of hydrogen-bond donors (Lipinski definition) is 0. The van der Waals surface area contributed by atoms with Crippen molar-refractivity contribution in [2.24, 2.45) is 5.41 Å². The van der Waals surface area contributed by atoms with Crippen molar-refractivity contribution in [2.45, 2.75) is 27.2 Å². The summed E-state index contributed by atoms with van der Waals surface area (Å²) in [4.78, 5) is 15.8. The van der Waals surface area contributed by atoms with Crippen LogP contribution in [-0.2, 0) is 4.74 Å². The minimum atomic E-state index is -0.158. The molecule has 1 saturated heterocycles. The second kappa shape index (κ2) is 5.53. The van der Waals surface area contributed by atoms with Gasteiger partial charge in [-0.3, -0.25) is 0 Å². The maximum atomic E-state index is 11.8. The molecule has 0 aromatic heterocycles. The molecule has 0 bridgehead atoms. The molecule has 1 aliphatic heterocycles. The van der Waals surface area contributed by atoms with Crippen LogP contribution in [0.2, 0.25) is 0 Å². The van der Waals surface area contributed by atoms with Gasteiger partial charge in [0.1, 0.15) is 0 Å². The van der Waals surface area contributed by atoms with Gasteiger partial charge in [0.15, 0.2) is 0 Å². The van der Waals surface area contributed by atoms with Crippen LogP contribution in [0.4, 0.5) is 4.79 Å². The van der Waals surface area contributed by atoms with Crippen LogP contribution in [-0.4, -0.2) is 55.7 Å². The number of rotatable bonds is 3. The Bertz CT molecular complexity index is 233. The monoisotopic (exact) mass is 228 g/mol. The molecule has 1 rings (SSSR count). The van der Waals surface area contributed by atoms with E-state index >= 15 is 0 Å².